The first kappa shape index (κ1) is 19.4. The molecule has 5 nitrogen and oxygen atoms in total. The summed E-state index contributed by atoms with van der Waals surface area (Å²) in [6, 6.07) is 0. The van der Waals surface area contributed by atoms with Crippen LogP contribution in [0.15, 0.2) is 0 Å². The minimum atomic E-state index is -3.21. The number of rotatable bonds is 10. The highest BCUT2D eigenvalue weighted by atomic mass is 32.2. The lowest BCUT2D eigenvalue weighted by atomic mass is 10.0. The zero-order valence-corrected chi connectivity index (χ0v) is 14.3. The highest BCUT2D eigenvalue weighted by Gasteiger charge is 2.18. The van der Waals surface area contributed by atoms with Crippen LogP contribution in [0.25, 0.3) is 0 Å². The van der Waals surface area contributed by atoms with E-state index < -0.39 is 10.0 Å². The molecule has 0 unspecified atom stereocenters. The smallest absolute Gasteiger partial charge is 0.223 e. The topological polar surface area (TPSA) is 66.5 Å². The van der Waals surface area contributed by atoms with Crippen LogP contribution in [0.1, 0.15) is 47.0 Å². The molecule has 6 heteroatoms. The minimum absolute atomic E-state index is 0.0207. The van der Waals surface area contributed by atoms with Crippen molar-refractivity contribution in [3.63, 3.8) is 0 Å². The van der Waals surface area contributed by atoms with Crippen molar-refractivity contribution in [2.75, 3.05) is 25.9 Å². The maximum absolute atomic E-state index is 11.8. The molecule has 1 amide bonds. The molecule has 0 fully saturated rings. The van der Waals surface area contributed by atoms with Crippen LogP contribution in [0.4, 0.5) is 0 Å². The van der Waals surface area contributed by atoms with E-state index in [1.807, 2.05) is 13.8 Å². The molecule has 0 aromatic heterocycles. The summed E-state index contributed by atoms with van der Waals surface area (Å²) in [6.07, 6.45) is 3.67. The van der Waals surface area contributed by atoms with E-state index in [1.165, 1.54) is 10.6 Å². The highest BCUT2D eigenvalue weighted by Crippen LogP contribution is 2.08. The van der Waals surface area contributed by atoms with Crippen LogP contribution in [-0.4, -0.2) is 44.5 Å². The monoisotopic (exact) mass is 306 g/mol. The van der Waals surface area contributed by atoms with Crippen molar-refractivity contribution in [3.05, 3.63) is 0 Å². The number of nitrogens with one attached hydrogen (secondary N) is 1. The molecule has 20 heavy (non-hydrogen) atoms. The fourth-order valence-electron chi connectivity index (χ4n) is 1.95. The number of amides is 1. The molecule has 0 aliphatic carbocycles. The second-order valence-electron chi connectivity index (χ2n) is 5.65. The molecule has 0 aromatic rings. The number of sulfonamides is 1. The first-order chi connectivity index (χ1) is 9.22. The Balaban J connectivity index is 4.31. The Morgan fingerprint density at radius 3 is 2.10 bits per heavy atom. The Kier molecular flexibility index (Phi) is 9.05. The summed E-state index contributed by atoms with van der Waals surface area (Å²) < 4.78 is 24.8. The van der Waals surface area contributed by atoms with Crippen molar-refractivity contribution in [1.29, 1.82) is 0 Å². The Morgan fingerprint density at radius 2 is 1.70 bits per heavy atom. The van der Waals surface area contributed by atoms with Gasteiger partial charge in [-0.25, -0.2) is 12.7 Å². The van der Waals surface area contributed by atoms with E-state index in [2.05, 4.69) is 19.2 Å². The molecular weight excluding hydrogens is 276 g/mol. The summed E-state index contributed by atoms with van der Waals surface area (Å²) >= 11 is 0. The highest BCUT2D eigenvalue weighted by molar-refractivity contribution is 7.88. The normalized spacial score (nSPS) is 12.4. The molecular formula is C14H30N2O3S. The van der Waals surface area contributed by atoms with Gasteiger partial charge in [0.2, 0.25) is 15.9 Å². The molecule has 0 atom stereocenters. The van der Waals surface area contributed by atoms with Crippen LogP contribution in [0.2, 0.25) is 0 Å². The van der Waals surface area contributed by atoms with Gasteiger partial charge in [-0.15, -0.1) is 0 Å². The lowest BCUT2D eigenvalue weighted by Gasteiger charge is -2.21. The van der Waals surface area contributed by atoms with Gasteiger partial charge in [0, 0.05) is 25.6 Å². The van der Waals surface area contributed by atoms with Gasteiger partial charge in [0.1, 0.15) is 0 Å². The largest absolute Gasteiger partial charge is 0.355 e. The average molecular weight is 306 g/mol. The Labute approximate surface area is 124 Å². The average Bonchev–Trinajstić information content (AvgIpc) is 2.33. The van der Waals surface area contributed by atoms with Gasteiger partial charge in [-0.2, -0.15) is 0 Å². The fraction of sp³-hybridized carbons (Fsp3) is 0.929. The van der Waals surface area contributed by atoms with Crippen LogP contribution in [0, 0.1) is 11.8 Å². The third kappa shape index (κ3) is 7.85. The molecule has 0 saturated carbocycles. The van der Waals surface area contributed by atoms with Gasteiger partial charge in [0.05, 0.1) is 6.26 Å². The summed E-state index contributed by atoms with van der Waals surface area (Å²) in [6.45, 7) is 9.33. The van der Waals surface area contributed by atoms with E-state index in [1.54, 1.807) is 0 Å². The summed E-state index contributed by atoms with van der Waals surface area (Å²) in [5.74, 6) is 0.503. The first-order valence-corrected chi connectivity index (χ1v) is 9.29. The zero-order valence-electron chi connectivity index (χ0n) is 13.5. The van der Waals surface area contributed by atoms with Crippen LogP contribution < -0.4 is 5.32 Å². The SMILES string of the molecule is CCC(CC)C(=O)NCCN(CCC(C)C)S(C)(=O)=O. The summed E-state index contributed by atoms with van der Waals surface area (Å²) in [5.41, 5.74) is 0. The van der Waals surface area contributed by atoms with E-state index >= 15 is 0 Å². The van der Waals surface area contributed by atoms with Crippen molar-refractivity contribution in [3.8, 4) is 0 Å². The van der Waals surface area contributed by atoms with Crippen molar-refractivity contribution in [2.45, 2.75) is 47.0 Å². The Morgan fingerprint density at radius 1 is 1.15 bits per heavy atom. The van der Waals surface area contributed by atoms with Crippen molar-refractivity contribution in [2.24, 2.45) is 11.8 Å². The van der Waals surface area contributed by atoms with Crippen LogP contribution in [0.5, 0.6) is 0 Å². The molecule has 0 saturated heterocycles. The van der Waals surface area contributed by atoms with E-state index in [-0.39, 0.29) is 11.8 Å². The quantitative estimate of drug-likeness (QED) is 0.670. The standard InChI is InChI=1S/C14H30N2O3S/c1-6-13(7-2)14(17)15-9-11-16(20(5,18)19)10-8-12(3)4/h12-13H,6-11H2,1-5H3,(H,15,17). The number of carbonyl (C=O) groups excluding carboxylic acids is 1. The Bertz CT molecular complexity index is 376. The van der Waals surface area contributed by atoms with Gasteiger partial charge in [-0.1, -0.05) is 27.7 Å². The summed E-state index contributed by atoms with van der Waals surface area (Å²) in [5, 5.41) is 2.83. The summed E-state index contributed by atoms with van der Waals surface area (Å²) in [7, 11) is -3.21. The first-order valence-electron chi connectivity index (χ1n) is 7.45. The Hall–Kier alpha value is -0.620. The van der Waals surface area contributed by atoms with Gasteiger partial charge in [-0.3, -0.25) is 4.79 Å². The molecule has 0 bridgehead atoms. The van der Waals surface area contributed by atoms with Crippen molar-refractivity contribution < 1.29 is 13.2 Å². The predicted octanol–water partition coefficient (Wildman–Crippen LogP) is 1.85. The van der Waals surface area contributed by atoms with E-state index in [0.717, 1.165) is 19.3 Å². The van der Waals surface area contributed by atoms with Gasteiger partial charge < -0.3 is 5.32 Å². The van der Waals surface area contributed by atoms with Gasteiger partial charge in [0.15, 0.2) is 0 Å². The van der Waals surface area contributed by atoms with Gasteiger partial charge in [-0.05, 0) is 25.2 Å². The van der Waals surface area contributed by atoms with Crippen LogP contribution in [0.3, 0.4) is 0 Å². The lowest BCUT2D eigenvalue weighted by molar-refractivity contribution is -0.125. The molecule has 0 heterocycles. The molecule has 1 N–H and O–H groups in total. The lowest BCUT2D eigenvalue weighted by Crippen LogP contribution is -2.40. The second kappa shape index (κ2) is 9.34. The molecule has 0 rings (SSSR count). The third-order valence-corrected chi connectivity index (χ3v) is 4.74. The zero-order chi connectivity index (χ0) is 15.8. The fourth-order valence-corrected chi connectivity index (χ4v) is 2.81. The molecule has 0 aliphatic heterocycles. The van der Waals surface area contributed by atoms with E-state index in [9.17, 15) is 13.2 Å². The minimum Gasteiger partial charge on any atom is -0.355 e. The number of nitrogens with zero attached hydrogens (tertiary/aromatic N) is 1. The number of hydrogen-bond donors (Lipinski definition) is 1. The van der Waals surface area contributed by atoms with Gasteiger partial charge in [0.25, 0.3) is 0 Å². The second-order valence-corrected chi connectivity index (χ2v) is 7.63. The van der Waals surface area contributed by atoms with Gasteiger partial charge >= 0.3 is 0 Å². The van der Waals surface area contributed by atoms with E-state index in [4.69, 9.17) is 0 Å². The molecule has 0 aliphatic rings. The number of hydrogen-bond acceptors (Lipinski definition) is 3. The van der Waals surface area contributed by atoms with Crippen LogP contribution >= 0.6 is 0 Å². The van der Waals surface area contributed by atoms with Crippen molar-refractivity contribution >= 4 is 15.9 Å². The van der Waals surface area contributed by atoms with Crippen LogP contribution in [-0.2, 0) is 14.8 Å². The summed E-state index contributed by atoms with van der Waals surface area (Å²) in [4.78, 5) is 11.8. The van der Waals surface area contributed by atoms with E-state index in [0.29, 0.717) is 25.6 Å². The van der Waals surface area contributed by atoms with Crippen molar-refractivity contribution in [1.82, 2.24) is 9.62 Å². The molecule has 120 valence electrons. The maximum Gasteiger partial charge on any atom is 0.223 e. The maximum atomic E-state index is 11.8. The third-order valence-electron chi connectivity index (χ3n) is 3.44. The molecule has 0 radical (unpaired) electrons. The molecule has 0 spiro atoms. The molecule has 0 aromatic carbocycles. The number of carbonyl (C=O) groups is 1. The predicted molar refractivity (Wildman–Crippen MR) is 83.0 cm³/mol.